The summed E-state index contributed by atoms with van der Waals surface area (Å²) in [7, 11) is -1.18. The molecule has 0 atom stereocenters. The molecule has 52 valence electrons. The summed E-state index contributed by atoms with van der Waals surface area (Å²) >= 11 is 0. The van der Waals surface area contributed by atoms with Gasteiger partial charge in [0.1, 0.15) is 0 Å². The maximum atomic E-state index is 8.50. The third-order valence-corrected chi connectivity index (χ3v) is 1.31. The predicted molar refractivity (Wildman–Crippen MR) is 39.0 cm³/mol. The Morgan fingerprint density at radius 1 is 1.56 bits per heavy atom. The van der Waals surface area contributed by atoms with E-state index in [-0.39, 0.29) is 0 Å². The molecular weight excluding hydrogens is 115 g/mol. The molecule has 0 aliphatic rings. The van der Waals surface area contributed by atoms with E-state index in [0.29, 0.717) is 6.32 Å². The van der Waals surface area contributed by atoms with Crippen LogP contribution in [0.25, 0.3) is 0 Å². The van der Waals surface area contributed by atoms with E-state index in [4.69, 9.17) is 10.0 Å². The van der Waals surface area contributed by atoms with Gasteiger partial charge in [0.2, 0.25) is 0 Å². The zero-order valence-corrected chi connectivity index (χ0v) is 5.96. The fraction of sp³-hybridized carbons (Fsp3) is 0.667. The molecule has 0 fully saturated rings. The van der Waals surface area contributed by atoms with E-state index in [1.54, 1.807) is 0 Å². The molecule has 0 aliphatic heterocycles. The summed E-state index contributed by atoms with van der Waals surface area (Å²) in [5.74, 6) is 0. The minimum atomic E-state index is -1.18. The van der Waals surface area contributed by atoms with Crippen LogP contribution in [0.1, 0.15) is 20.3 Å². The van der Waals surface area contributed by atoms with Crippen LogP contribution in [0.3, 0.4) is 0 Å². The summed E-state index contributed by atoms with van der Waals surface area (Å²) in [6, 6.07) is 0. The Balaban J connectivity index is 3.58. The standard InChI is InChI=1S/C6H13BO2/c1-3-6(4-2)5-7(8)9/h3,8-9H,4-5H2,1-2H3. The van der Waals surface area contributed by atoms with Crippen molar-refractivity contribution in [2.24, 2.45) is 0 Å². The lowest BCUT2D eigenvalue weighted by Gasteiger charge is -2.00. The van der Waals surface area contributed by atoms with Gasteiger partial charge in [-0.25, -0.2) is 0 Å². The fourth-order valence-electron chi connectivity index (χ4n) is 0.701. The number of allylic oxidation sites excluding steroid dienone is 2. The third kappa shape index (κ3) is 4.24. The lowest BCUT2D eigenvalue weighted by Crippen LogP contribution is -2.10. The molecule has 0 aromatic rings. The van der Waals surface area contributed by atoms with Gasteiger partial charge in [-0.3, -0.25) is 0 Å². The number of hydrogen-bond acceptors (Lipinski definition) is 2. The summed E-state index contributed by atoms with van der Waals surface area (Å²) in [6.45, 7) is 3.90. The van der Waals surface area contributed by atoms with Gasteiger partial charge in [-0.1, -0.05) is 18.6 Å². The highest BCUT2D eigenvalue weighted by atomic mass is 16.4. The van der Waals surface area contributed by atoms with Crippen LogP contribution in [-0.2, 0) is 0 Å². The van der Waals surface area contributed by atoms with Gasteiger partial charge in [-0.15, -0.1) is 0 Å². The van der Waals surface area contributed by atoms with Gasteiger partial charge in [-0.2, -0.15) is 0 Å². The van der Waals surface area contributed by atoms with Crippen molar-refractivity contribution >= 4 is 7.12 Å². The zero-order chi connectivity index (χ0) is 7.28. The molecule has 2 nitrogen and oxygen atoms in total. The lowest BCUT2D eigenvalue weighted by atomic mass is 9.81. The van der Waals surface area contributed by atoms with E-state index in [1.807, 2.05) is 19.9 Å². The quantitative estimate of drug-likeness (QED) is 0.436. The summed E-state index contributed by atoms with van der Waals surface area (Å²) in [6.07, 6.45) is 3.20. The molecule has 3 heteroatoms. The Kier molecular flexibility index (Phi) is 4.45. The highest BCUT2D eigenvalue weighted by Crippen LogP contribution is 2.06. The van der Waals surface area contributed by atoms with E-state index >= 15 is 0 Å². The first-order valence-electron chi connectivity index (χ1n) is 3.20. The largest absolute Gasteiger partial charge is 0.455 e. The molecule has 0 rings (SSSR count). The molecule has 0 aromatic heterocycles. The molecule has 0 aliphatic carbocycles. The Labute approximate surface area is 56.4 Å². The maximum Gasteiger partial charge on any atom is 0.455 e. The van der Waals surface area contributed by atoms with Crippen molar-refractivity contribution in [2.45, 2.75) is 26.6 Å². The summed E-state index contributed by atoms with van der Waals surface area (Å²) in [4.78, 5) is 0. The molecular formula is C6H13BO2. The Morgan fingerprint density at radius 3 is 2.22 bits per heavy atom. The van der Waals surface area contributed by atoms with Crippen molar-refractivity contribution in [2.75, 3.05) is 0 Å². The summed E-state index contributed by atoms with van der Waals surface area (Å²) < 4.78 is 0. The Hall–Kier alpha value is -0.275. The van der Waals surface area contributed by atoms with E-state index in [2.05, 4.69) is 0 Å². The molecule has 0 heterocycles. The molecule has 2 N–H and O–H groups in total. The maximum absolute atomic E-state index is 8.50. The first-order chi connectivity index (χ1) is 4.20. The predicted octanol–water partition coefficient (Wildman–Crippen LogP) is 0.815. The van der Waals surface area contributed by atoms with Crippen LogP contribution in [0.2, 0.25) is 6.32 Å². The third-order valence-electron chi connectivity index (χ3n) is 1.31. The minimum absolute atomic E-state index is 0.382. The van der Waals surface area contributed by atoms with Crippen molar-refractivity contribution in [1.29, 1.82) is 0 Å². The van der Waals surface area contributed by atoms with Crippen molar-refractivity contribution in [3.05, 3.63) is 11.6 Å². The fourth-order valence-corrected chi connectivity index (χ4v) is 0.701. The second-order valence-corrected chi connectivity index (χ2v) is 1.99. The Morgan fingerprint density at radius 2 is 2.11 bits per heavy atom. The van der Waals surface area contributed by atoms with Gasteiger partial charge in [0.05, 0.1) is 0 Å². The molecule has 0 unspecified atom stereocenters. The molecule has 0 bridgehead atoms. The molecule has 0 saturated heterocycles. The van der Waals surface area contributed by atoms with Gasteiger partial charge in [0.25, 0.3) is 0 Å². The molecule has 0 amide bonds. The van der Waals surface area contributed by atoms with E-state index in [9.17, 15) is 0 Å². The first kappa shape index (κ1) is 8.72. The van der Waals surface area contributed by atoms with E-state index < -0.39 is 7.12 Å². The van der Waals surface area contributed by atoms with Gasteiger partial charge in [0.15, 0.2) is 0 Å². The van der Waals surface area contributed by atoms with Crippen LogP contribution in [0.15, 0.2) is 11.6 Å². The van der Waals surface area contributed by atoms with Crippen LogP contribution >= 0.6 is 0 Å². The SMILES string of the molecule is CC=C(CC)CB(O)O. The zero-order valence-electron chi connectivity index (χ0n) is 5.96. The second kappa shape index (κ2) is 4.59. The van der Waals surface area contributed by atoms with E-state index in [1.165, 1.54) is 0 Å². The number of hydrogen-bond donors (Lipinski definition) is 2. The van der Waals surface area contributed by atoms with Crippen molar-refractivity contribution in [3.63, 3.8) is 0 Å². The minimum Gasteiger partial charge on any atom is -0.427 e. The van der Waals surface area contributed by atoms with Gasteiger partial charge in [-0.05, 0) is 13.3 Å². The topological polar surface area (TPSA) is 40.5 Å². The number of rotatable bonds is 3. The monoisotopic (exact) mass is 128 g/mol. The average molecular weight is 128 g/mol. The van der Waals surface area contributed by atoms with Gasteiger partial charge >= 0.3 is 7.12 Å². The molecule has 0 spiro atoms. The molecule has 9 heavy (non-hydrogen) atoms. The summed E-state index contributed by atoms with van der Waals surface area (Å²) in [5, 5.41) is 17.0. The lowest BCUT2D eigenvalue weighted by molar-refractivity contribution is 0.409. The Bertz CT molecular complexity index is 99.2. The molecule has 0 aromatic carbocycles. The second-order valence-electron chi connectivity index (χ2n) is 1.99. The van der Waals surface area contributed by atoms with Crippen LogP contribution in [0, 0.1) is 0 Å². The van der Waals surface area contributed by atoms with Crippen molar-refractivity contribution < 1.29 is 10.0 Å². The molecule has 0 saturated carbocycles. The average Bonchev–Trinajstić information content (AvgIpc) is 1.82. The van der Waals surface area contributed by atoms with Crippen LogP contribution in [0.5, 0.6) is 0 Å². The van der Waals surface area contributed by atoms with Crippen LogP contribution in [0.4, 0.5) is 0 Å². The van der Waals surface area contributed by atoms with Crippen molar-refractivity contribution in [3.8, 4) is 0 Å². The highest BCUT2D eigenvalue weighted by Gasteiger charge is 2.07. The van der Waals surface area contributed by atoms with Gasteiger partial charge in [0, 0.05) is 6.32 Å². The van der Waals surface area contributed by atoms with Gasteiger partial charge < -0.3 is 10.0 Å². The van der Waals surface area contributed by atoms with Crippen LogP contribution < -0.4 is 0 Å². The highest BCUT2D eigenvalue weighted by molar-refractivity contribution is 6.41. The molecule has 0 radical (unpaired) electrons. The normalized spacial score (nSPS) is 11.8. The summed E-state index contributed by atoms with van der Waals surface area (Å²) in [5.41, 5.74) is 1.09. The van der Waals surface area contributed by atoms with Crippen LogP contribution in [-0.4, -0.2) is 17.2 Å². The van der Waals surface area contributed by atoms with E-state index in [0.717, 1.165) is 12.0 Å². The first-order valence-corrected chi connectivity index (χ1v) is 3.20. The smallest absolute Gasteiger partial charge is 0.427 e. The van der Waals surface area contributed by atoms with Crippen molar-refractivity contribution in [1.82, 2.24) is 0 Å².